The number of piperazine rings is 1. The summed E-state index contributed by atoms with van der Waals surface area (Å²) in [4.78, 5) is 26.5. The number of rotatable bonds is 6. The fraction of sp³-hybridized carbons (Fsp3) is 0.318. The lowest BCUT2D eigenvalue weighted by Gasteiger charge is -2.33. The largest absolute Gasteiger partial charge is 0.467 e. The van der Waals surface area contributed by atoms with E-state index in [1.54, 1.807) is 12.3 Å². The number of carbonyl (C=O) groups excluding carboxylic acids is 1. The monoisotopic (exact) mass is 391 g/mol. The number of benzene rings is 1. The summed E-state index contributed by atoms with van der Waals surface area (Å²) in [6.07, 6.45) is 1.64. The molecule has 0 unspecified atom stereocenters. The van der Waals surface area contributed by atoms with E-state index in [0.29, 0.717) is 37.0 Å². The van der Waals surface area contributed by atoms with Crippen LogP contribution in [0.3, 0.4) is 0 Å². The SMILES string of the molecule is CCN1CCN(C(=O)c2cc(NCc3ccco3)nc(-c3ccccc3)n2)CC1. The molecule has 150 valence electrons. The highest BCUT2D eigenvalue weighted by Gasteiger charge is 2.23. The van der Waals surface area contributed by atoms with Crippen LogP contribution < -0.4 is 5.32 Å². The van der Waals surface area contributed by atoms with Crippen LogP contribution >= 0.6 is 0 Å². The van der Waals surface area contributed by atoms with Crippen LogP contribution in [-0.2, 0) is 6.54 Å². The number of hydrogen-bond acceptors (Lipinski definition) is 6. The predicted octanol–water partition coefficient (Wildman–Crippen LogP) is 3.13. The molecular weight excluding hydrogens is 366 g/mol. The molecule has 7 nitrogen and oxygen atoms in total. The molecule has 0 spiro atoms. The van der Waals surface area contributed by atoms with E-state index in [2.05, 4.69) is 27.1 Å². The molecule has 1 aliphatic rings. The van der Waals surface area contributed by atoms with Crippen LogP contribution in [0, 0.1) is 0 Å². The van der Waals surface area contributed by atoms with Crippen LogP contribution in [0.25, 0.3) is 11.4 Å². The van der Waals surface area contributed by atoms with Gasteiger partial charge in [-0.1, -0.05) is 37.3 Å². The first kappa shape index (κ1) is 19.1. The maximum absolute atomic E-state index is 13.1. The second kappa shape index (κ2) is 8.87. The van der Waals surface area contributed by atoms with Gasteiger partial charge in [0.05, 0.1) is 12.8 Å². The Hall–Kier alpha value is -3.19. The van der Waals surface area contributed by atoms with Gasteiger partial charge in [-0.25, -0.2) is 9.97 Å². The molecule has 7 heteroatoms. The summed E-state index contributed by atoms with van der Waals surface area (Å²) in [5.74, 6) is 1.88. The maximum Gasteiger partial charge on any atom is 0.272 e. The maximum atomic E-state index is 13.1. The highest BCUT2D eigenvalue weighted by atomic mass is 16.3. The Balaban J connectivity index is 1.59. The summed E-state index contributed by atoms with van der Waals surface area (Å²) in [5, 5.41) is 3.25. The van der Waals surface area contributed by atoms with Crippen molar-refractivity contribution in [1.29, 1.82) is 0 Å². The molecule has 2 aromatic heterocycles. The number of furan rings is 1. The van der Waals surface area contributed by atoms with E-state index in [1.807, 2.05) is 47.4 Å². The average Bonchev–Trinajstić information content (AvgIpc) is 3.31. The molecule has 0 radical (unpaired) electrons. The van der Waals surface area contributed by atoms with Gasteiger partial charge >= 0.3 is 0 Å². The van der Waals surface area contributed by atoms with Crippen LogP contribution in [0.4, 0.5) is 5.82 Å². The van der Waals surface area contributed by atoms with Crippen LogP contribution in [0.15, 0.2) is 59.2 Å². The summed E-state index contributed by atoms with van der Waals surface area (Å²) in [5.41, 5.74) is 1.28. The van der Waals surface area contributed by atoms with Crippen molar-refractivity contribution in [3.8, 4) is 11.4 Å². The van der Waals surface area contributed by atoms with Crippen LogP contribution in [0.2, 0.25) is 0 Å². The van der Waals surface area contributed by atoms with Gasteiger partial charge in [0.1, 0.15) is 17.3 Å². The van der Waals surface area contributed by atoms with Crippen molar-refractivity contribution >= 4 is 11.7 Å². The molecule has 0 saturated carbocycles. The summed E-state index contributed by atoms with van der Waals surface area (Å²) >= 11 is 0. The van der Waals surface area contributed by atoms with Crippen LogP contribution in [0.1, 0.15) is 23.2 Å². The van der Waals surface area contributed by atoms with Crippen LogP contribution in [-0.4, -0.2) is 58.4 Å². The third kappa shape index (κ3) is 4.63. The lowest BCUT2D eigenvalue weighted by atomic mass is 10.2. The van der Waals surface area contributed by atoms with Gasteiger partial charge in [0.15, 0.2) is 5.82 Å². The summed E-state index contributed by atoms with van der Waals surface area (Å²) in [6, 6.07) is 15.2. The third-order valence-electron chi connectivity index (χ3n) is 5.11. The molecule has 1 fully saturated rings. The average molecular weight is 391 g/mol. The number of hydrogen-bond donors (Lipinski definition) is 1. The van der Waals surface area contributed by atoms with E-state index in [9.17, 15) is 4.79 Å². The normalized spacial score (nSPS) is 14.7. The molecule has 0 aliphatic carbocycles. The van der Waals surface area contributed by atoms with Gasteiger partial charge in [0.2, 0.25) is 0 Å². The third-order valence-corrected chi connectivity index (χ3v) is 5.11. The van der Waals surface area contributed by atoms with Gasteiger partial charge in [-0.05, 0) is 18.7 Å². The Labute approximate surface area is 170 Å². The summed E-state index contributed by atoms with van der Waals surface area (Å²) in [7, 11) is 0. The first-order valence-electron chi connectivity index (χ1n) is 9.95. The van der Waals surface area contributed by atoms with E-state index < -0.39 is 0 Å². The Morgan fingerprint density at radius 3 is 2.55 bits per heavy atom. The fourth-order valence-electron chi connectivity index (χ4n) is 3.38. The van der Waals surface area contributed by atoms with Gasteiger partial charge in [-0.3, -0.25) is 4.79 Å². The van der Waals surface area contributed by atoms with Gasteiger partial charge < -0.3 is 19.5 Å². The summed E-state index contributed by atoms with van der Waals surface area (Å²) < 4.78 is 5.38. The fourth-order valence-corrected chi connectivity index (χ4v) is 3.38. The first-order chi connectivity index (χ1) is 14.2. The van der Waals surface area contributed by atoms with Gasteiger partial charge in [0.25, 0.3) is 5.91 Å². The van der Waals surface area contributed by atoms with E-state index in [-0.39, 0.29) is 5.91 Å². The second-order valence-electron chi connectivity index (χ2n) is 6.99. The topological polar surface area (TPSA) is 74.5 Å². The first-order valence-corrected chi connectivity index (χ1v) is 9.95. The molecule has 3 aromatic rings. The minimum atomic E-state index is -0.0543. The zero-order valence-corrected chi connectivity index (χ0v) is 16.5. The standard InChI is InChI=1S/C22H25N5O2/c1-2-26-10-12-27(13-11-26)22(28)19-15-20(23-16-18-9-6-14-29-18)25-21(24-19)17-7-4-3-5-8-17/h3-9,14-15H,2,10-13,16H2,1H3,(H,23,24,25). The number of nitrogens with zero attached hydrogens (tertiary/aromatic N) is 4. The Kier molecular flexibility index (Phi) is 5.86. The Morgan fingerprint density at radius 2 is 1.86 bits per heavy atom. The molecule has 1 amide bonds. The van der Waals surface area contributed by atoms with Crippen molar-refractivity contribution < 1.29 is 9.21 Å². The Bertz CT molecular complexity index is 935. The smallest absolute Gasteiger partial charge is 0.272 e. The van der Waals surface area contributed by atoms with Crippen molar-refractivity contribution in [2.24, 2.45) is 0 Å². The van der Waals surface area contributed by atoms with Crippen molar-refractivity contribution in [1.82, 2.24) is 19.8 Å². The minimum Gasteiger partial charge on any atom is -0.467 e. The zero-order chi connectivity index (χ0) is 20.1. The van der Waals surface area contributed by atoms with E-state index in [0.717, 1.165) is 31.0 Å². The molecule has 1 saturated heterocycles. The molecule has 1 aliphatic heterocycles. The van der Waals surface area contributed by atoms with Gasteiger partial charge in [-0.15, -0.1) is 0 Å². The molecule has 1 N–H and O–H groups in total. The number of aromatic nitrogens is 2. The molecule has 3 heterocycles. The minimum absolute atomic E-state index is 0.0543. The van der Waals surface area contributed by atoms with Crippen molar-refractivity contribution in [3.05, 3.63) is 66.2 Å². The molecule has 4 rings (SSSR count). The summed E-state index contributed by atoms with van der Waals surface area (Å²) in [6.45, 7) is 6.85. The lowest BCUT2D eigenvalue weighted by Crippen LogP contribution is -2.48. The van der Waals surface area contributed by atoms with E-state index >= 15 is 0 Å². The van der Waals surface area contributed by atoms with Crippen molar-refractivity contribution in [2.45, 2.75) is 13.5 Å². The molecule has 29 heavy (non-hydrogen) atoms. The molecule has 0 bridgehead atoms. The Morgan fingerprint density at radius 1 is 1.07 bits per heavy atom. The zero-order valence-electron chi connectivity index (χ0n) is 16.5. The van der Waals surface area contributed by atoms with Crippen molar-refractivity contribution in [2.75, 3.05) is 38.0 Å². The molecule has 1 aromatic carbocycles. The lowest BCUT2D eigenvalue weighted by molar-refractivity contribution is 0.0637. The van der Waals surface area contributed by atoms with Gasteiger partial charge in [-0.2, -0.15) is 0 Å². The van der Waals surface area contributed by atoms with E-state index in [1.165, 1.54) is 0 Å². The molecular formula is C22H25N5O2. The predicted molar refractivity (Wildman–Crippen MR) is 112 cm³/mol. The number of likely N-dealkylation sites (N-methyl/N-ethyl adjacent to an activating group) is 1. The number of carbonyl (C=O) groups is 1. The number of anilines is 1. The van der Waals surface area contributed by atoms with Crippen LogP contribution in [0.5, 0.6) is 0 Å². The van der Waals surface area contributed by atoms with Gasteiger partial charge in [0, 0.05) is 37.8 Å². The molecule has 0 atom stereocenters. The quantitative estimate of drug-likeness (QED) is 0.696. The number of nitrogens with one attached hydrogen (secondary N) is 1. The van der Waals surface area contributed by atoms with Crippen molar-refractivity contribution in [3.63, 3.8) is 0 Å². The highest BCUT2D eigenvalue weighted by Crippen LogP contribution is 2.20. The highest BCUT2D eigenvalue weighted by molar-refractivity contribution is 5.93. The second-order valence-corrected chi connectivity index (χ2v) is 6.99. The number of amides is 1. The van der Waals surface area contributed by atoms with E-state index in [4.69, 9.17) is 4.42 Å².